The third-order valence-corrected chi connectivity index (χ3v) is 7.90. The van der Waals surface area contributed by atoms with E-state index in [2.05, 4.69) is 39.9 Å². The van der Waals surface area contributed by atoms with Crippen LogP contribution in [-0.4, -0.2) is 29.9 Å². The van der Waals surface area contributed by atoms with Gasteiger partial charge in [-0.05, 0) is 48.5 Å². The Hall–Kier alpha value is -5.81. The van der Waals surface area contributed by atoms with Gasteiger partial charge in [0.15, 0.2) is 0 Å². The molecule has 0 aliphatic carbocycles. The number of hydrogen-bond acceptors (Lipinski definition) is 7. The first-order valence-electron chi connectivity index (χ1n) is 13.9. The molecule has 3 aromatic heterocycles. The average molecular weight is 720 g/mol. The normalized spacial score (nSPS) is 11.8. The molecule has 0 radical (unpaired) electrons. The van der Waals surface area contributed by atoms with Gasteiger partial charge >= 0.3 is 23.7 Å². The van der Waals surface area contributed by atoms with E-state index in [1.54, 1.807) is 0 Å². The van der Waals surface area contributed by atoms with Crippen LogP contribution in [0, 0.1) is 46.5 Å². The molecule has 8 bridgehead atoms. The molecule has 18 heteroatoms. The van der Waals surface area contributed by atoms with Gasteiger partial charge in [-0.2, -0.15) is 0 Å². The Morgan fingerprint density at radius 3 is 0.760 bits per heavy atom. The minimum absolute atomic E-state index is 0.553. The summed E-state index contributed by atoms with van der Waals surface area (Å²) in [7, 11) is 0. The molecule has 242 valence electrons. The molecular formula is C32H8F8N8OTi. The Morgan fingerprint density at radius 1 is 0.340 bits per heavy atom. The molecule has 9 nitrogen and oxygen atoms in total. The van der Waals surface area contributed by atoms with Crippen molar-refractivity contribution in [2.24, 2.45) is 0 Å². The monoisotopic (exact) mass is 720 g/mol. The zero-order chi connectivity index (χ0) is 35.2. The van der Waals surface area contributed by atoms with E-state index < -0.39 is 136 Å². The molecule has 4 aromatic carbocycles. The second kappa shape index (κ2) is 11.4. The zero-order valence-corrected chi connectivity index (χ0v) is 25.7. The third kappa shape index (κ3) is 4.50. The molecule has 0 unspecified atom stereocenters. The van der Waals surface area contributed by atoms with E-state index in [0.717, 1.165) is 68.9 Å². The maximum absolute atomic E-state index is 15.3. The van der Waals surface area contributed by atoms with Gasteiger partial charge in [0, 0.05) is 44.1 Å². The topological polar surface area (TPSA) is 123 Å². The first-order valence-corrected chi connectivity index (χ1v) is 14.6. The fourth-order valence-corrected chi connectivity index (χ4v) is 5.85. The SMILES string of the molecule is Fc1ccc(F)c2c1-c1nc-2nc2[n-]c(nc3nc(nc4[n-]c(n1)c1c(F)ccc(F)c41)-c1c(F)ccc(F)c1-3)c1c(F)ccc(F)c21.[O]=[Ti+2]. The summed E-state index contributed by atoms with van der Waals surface area (Å²) >= 11 is 0.750. The Kier molecular flexibility index (Phi) is 7.16. The van der Waals surface area contributed by atoms with Crippen LogP contribution in [-0.2, 0) is 23.7 Å². The van der Waals surface area contributed by atoms with Crippen LogP contribution in [0.4, 0.5) is 35.1 Å². The number of benzene rings is 4. The van der Waals surface area contributed by atoms with Crippen LogP contribution in [0.25, 0.3) is 89.7 Å². The van der Waals surface area contributed by atoms with Crippen molar-refractivity contribution >= 4 is 44.1 Å². The van der Waals surface area contributed by atoms with Crippen molar-refractivity contribution < 1.29 is 58.9 Å². The van der Waals surface area contributed by atoms with Gasteiger partial charge in [0.2, 0.25) is 0 Å². The Bertz CT molecular complexity index is 2460. The van der Waals surface area contributed by atoms with Crippen molar-refractivity contribution in [1.29, 1.82) is 0 Å². The first kappa shape index (κ1) is 31.5. The Morgan fingerprint density at radius 2 is 0.540 bits per heavy atom. The Labute approximate surface area is 282 Å². The van der Waals surface area contributed by atoms with E-state index in [4.69, 9.17) is 3.32 Å². The molecule has 0 saturated heterocycles. The summed E-state index contributed by atoms with van der Waals surface area (Å²) in [6, 6.07) is 6.12. The molecule has 0 saturated carbocycles. The maximum atomic E-state index is 15.3. The van der Waals surface area contributed by atoms with Crippen molar-refractivity contribution in [3.05, 3.63) is 95.1 Å². The molecule has 2 aliphatic rings. The van der Waals surface area contributed by atoms with E-state index in [1.807, 2.05) is 0 Å². The van der Waals surface area contributed by atoms with Gasteiger partial charge in [0.05, 0.1) is 45.6 Å². The quantitative estimate of drug-likeness (QED) is 0.119. The van der Waals surface area contributed by atoms with Gasteiger partial charge in [0.25, 0.3) is 0 Å². The van der Waals surface area contributed by atoms with Crippen LogP contribution >= 0.6 is 0 Å². The molecular weight excluding hydrogens is 712 g/mol. The van der Waals surface area contributed by atoms with Crippen LogP contribution < -0.4 is 9.97 Å². The fraction of sp³-hybridized carbons (Fsp3) is 0. The molecule has 0 fully saturated rings. The second-order valence-electron chi connectivity index (χ2n) is 10.6. The van der Waals surface area contributed by atoms with Crippen molar-refractivity contribution in [1.82, 2.24) is 39.9 Å². The number of nitrogens with zero attached hydrogens (tertiary/aromatic N) is 8. The standard InChI is InChI=1S/C32H8F8N8.O.Ti/c33-9-1-2-10(34)18-17(9)25-41-26(18)46-28-21-13(37)5-6-14(38)22(21)30(43-28)48-32-24-16(40)8-7-15(39)23(24)31(44-32)47-29-20-12(36)4-3-11(35)19(20)27(42-29)45-25;;/h1-8H;;/q-2;;+2. The molecule has 0 amide bonds. The van der Waals surface area contributed by atoms with Crippen molar-refractivity contribution in [3.8, 4) is 45.6 Å². The number of hydrogen-bond donors (Lipinski definition) is 0. The molecule has 7 aromatic rings. The van der Waals surface area contributed by atoms with E-state index in [9.17, 15) is 0 Å². The molecule has 9 rings (SSSR count). The zero-order valence-electron chi connectivity index (χ0n) is 24.1. The summed E-state index contributed by atoms with van der Waals surface area (Å²) in [6.07, 6.45) is 0. The van der Waals surface area contributed by atoms with Gasteiger partial charge in [-0.25, -0.2) is 45.1 Å². The van der Waals surface area contributed by atoms with E-state index in [1.165, 1.54) is 0 Å². The summed E-state index contributed by atoms with van der Waals surface area (Å²) in [5.74, 6) is -10.8. The summed E-state index contributed by atoms with van der Waals surface area (Å²) in [4.78, 5) is 33.0. The summed E-state index contributed by atoms with van der Waals surface area (Å²) in [5, 5.41) is -2.21. The van der Waals surface area contributed by atoms with E-state index in [0.29, 0.717) is 0 Å². The summed E-state index contributed by atoms with van der Waals surface area (Å²) < 4.78 is 131. The van der Waals surface area contributed by atoms with Gasteiger partial charge < -0.3 is 29.9 Å². The van der Waals surface area contributed by atoms with Crippen molar-refractivity contribution in [2.45, 2.75) is 0 Å². The third-order valence-electron chi connectivity index (χ3n) is 7.90. The predicted octanol–water partition coefficient (Wildman–Crippen LogP) is 7.12. The van der Waals surface area contributed by atoms with Crippen LogP contribution in [0.5, 0.6) is 0 Å². The number of rotatable bonds is 0. The predicted molar refractivity (Wildman–Crippen MR) is 154 cm³/mol. The van der Waals surface area contributed by atoms with Crippen molar-refractivity contribution in [3.63, 3.8) is 0 Å². The average Bonchev–Trinajstić information content (AvgIpc) is 3.85. The molecule has 0 spiro atoms. The van der Waals surface area contributed by atoms with Gasteiger partial charge in [0.1, 0.15) is 46.5 Å². The van der Waals surface area contributed by atoms with Crippen LogP contribution in [0.3, 0.4) is 0 Å². The first-order chi connectivity index (χ1) is 24.1. The number of halogens is 8. The fourth-order valence-electron chi connectivity index (χ4n) is 5.85. The van der Waals surface area contributed by atoms with Crippen LogP contribution in [0.1, 0.15) is 0 Å². The molecule has 2 aliphatic heterocycles. The second-order valence-corrected chi connectivity index (χ2v) is 10.6. The van der Waals surface area contributed by atoms with Gasteiger partial charge in [-0.15, -0.1) is 0 Å². The molecule has 50 heavy (non-hydrogen) atoms. The minimum atomic E-state index is -1.05. The van der Waals surface area contributed by atoms with Gasteiger partial charge in [-0.3, -0.25) is 0 Å². The summed E-state index contributed by atoms with van der Waals surface area (Å²) in [5.41, 5.74) is -4.59. The molecule has 0 N–H and O–H groups in total. The number of fused-ring (bicyclic) bond motifs is 20. The summed E-state index contributed by atoms with van der Waals surface area (Å²) in [6.45, 7) is 0. The van der Waals surface area contributed by atoms with E-state index >= 15 is 35.1 Å². The van der Waals surface area contributed by atoms with Crippen LogP contribution in [0.15, 0.2) is 48.5 Å². The van der Waals surface area contributed by atoms with Gasteiger partial charge in [-0.1, -0.05) is 0 Å². The molecule has 0 atom stereocenters. The van der Waals surface area contributed by atoms with E-state index in [-0.39, 0.29) is 0 Å². The van der Waals surface area contributed by atoms with Crippen LogP contribution in [0.2, 0.25) is 0 Å². The van der Waals surface area contributed by atoms with Crippen molar-refractivity contribution in [2.75, 3.05) is 0 Å². The number of aromatic nitrogens is 8. The Balaban J connectivity index is 0.00000177. The molecule has 5 heterocycles.